The second kappa shape index (κ2) is 9.78. The standard InChI is InChI=1S/C27H21N5O5/c1-31-16-17(15-28-31)26-14-24(23-5-3-4-6-25(23)30-26)27(33)29-18-11-19(32(34)35)13-22(12-18)37-21-9-7-20(36-2)8-10-21/h3-16H,1-2H3,(H,29,33). The lowest BCUT2D eigenvalue weighted by atomic mass is 10.0. The maximum atomic E-state index is 13.5. The van der Waals surface area contributed by atoms with E-state index in [1.807, 2.05) is 24.4 Å². The SMILES string of the molecule is COc1ccc(Oc2cc(NC(=O)c3cc(-c4cnn(C)c4)nc4ccccc34)cc([N+](=O)[O-])c2)cc1. The molecule has 0 fully saturated rings. The molecule has 0 saturated carbocycles. The monoisotopic (exact) mass is 495 g/mol. The minimum atomic E-state index is -0.543. The summed E-state index contributed by atoms with van der Waals surface area (Å²) in [5.74, 6) is 0.860. The molecule has 5 aromatic rings. The molecule has 0 aliphatic carbocycles. The molecule has 10 nitrogen and oxygen atoms in total. The lowest BCUT2D eigenvalue weighted by Crippen LogP contribution is -2.13. The van der Waals surface area contributed by atoms with Crippen LogP contribution >= 0.6 is 0 Å². The fourth-order valence-corrected chi connectivity index (χ4v) is 3.86. The maximum Gasteiger partial charge on any atom is 0.275 e. The Labute approximate surface area is 211 Å². The van der Waals surface area contributed by atoms with E-state index < -0.39 is 10.8 Å². The Morgan fingerprint density at radius 1 is 1.00 bits per heavy atom. The number of amides is 1. The molecule has 0 atom stereocenters. The van der Waals surface area contributed by atoms with Crippen LogP contribution in [0.2, 0.25) is 0 Å². The zero-order chi connectivity index (χ0) is 25.9. The van der Waals surface area contributed by atoms with Crippen LogP contribution < -0.4 is 14.8 Å². The van der Waals surface area contributed by atoms with Crippen molar-refractivity contribution in [3.05, 3.63) is 101 Å². The van der Waals surface area contributed by atoms with Gasteiger partial charge in [0.2, 0.25) is 0 Å². The van der Waals surface area contributed by atoms with Gasteiger partial charge in [-0.1, -0.05) is 18.2 Å². The summed E-state index contributed by atoms with van der Waals surface area (Å²) in [6.45, 7) is 0. The van der Waals surface area contributed by atoms with Gasteiger partial charge in [-0.2, -0.15) is 5.10 Å². The van der Waals surface area contributed by atoms with Gasteiger partial charge in [0.1, 0.15) is 17.2 Å². The Kier molecular flexibility index (Phi) is 6.21. The van der Waals surface area contributed by atoms with E-state index in [1.165, 1.54) is 18.2 Å². The number of nitrogens with one attached hydrogen (secondary N) is 1. The van der Waals surface area contributed by atoms with Gasteiger partial charge in [-0.25, -0.2) is 4.98 Å². The normalized spacial score (nSPS) is 10.8. The van der Waals surface area contributed by atoms with Gasteiger partial charge in [-0.3, -0.25) is 19.6 Å². The fraction of sp³-hybridized carbons (Fsp3) is 0.0741. The second-order valence-electron chi connectivity index (χ2n) is 8.18. The number of fused-ring (bicyclic) bond motifs is 1. The van der Waals surface area contributed by atoms with E-state index in [0.29, 0.717) is 33.7 Å². The number of anilines is 1. The average molecular weight is 495 g/mol. The topological polar surface area (TPSA) is 121 Å². The molecular weight excluding hydrogens is 474 g/mol. The highest BCUT2D eigenvalue weighted by molar-refractivity contribution is 6.13. The van der Waals surface area contributed by atoms with Crippen molar-refractivity contribution < 1.29 is 19.2 Å². The molecule has 0 saturated heterocycles. The Bertz CT molecular complexity index is 1630. The number of non-ortho nitro benzene ring substituents is 1. The number of hydrogen-bond acceptors (Lipinski definition) is 7. The first-order chi connectivity index (χ1) is 17.9. The zero-order valence-corrected chi connectivity index (χ0v) is 19.9. The van der Waals surface area contributed by atoms with Crippen molar-refractivity contribution in [2.75, 3.05) is 12.4 Å². The lowest BCUT2D eigenvalue weighted by Gasteiger charge is -2.12. The largest absolute Gasteiger partial charge is 0.497 e. The van der Waals surface area contributed by atoms with Gasteiger partial charge in [0.25, 0.3) is 11.6 Å². The predicted octanol–water partition coefficient (Wildman–Crippen LogP) is 5.60. The highest BCUT2D eigenvalue weighted by Crippen LogP contribution is 2.31. The number of para-hydroxylation sites is 1. The summed E-state index contributed by atoms with van der Waals surface area (Å²) in [4.78, 5) is 29.2. The first-order valence-corrected chi connectivity index (χ1v) is 11.2. The molecule has 1 amide bonds. The maximum absolute atomic E-state index is 13.5. The Morgan fingerprint density at radius 2 is 1.76 bits per heavy atom. The number of carbonyl (C=O) groups is 1. The van der Waals surface area contributed by atoms with Crippen molar-refractivity contribution in [2.24, 2.45) is 7.05 Å². The third-order valence-corrected chi connectivity index (χ3v) is 5.62. The Hall–Kier alpha value is -5.25. The number of aryl methyl sites for hydroxylation is 1. The number of hydrogen-bond donors (Lipinski definition) is 1. The van der Waals surface area contributed by atoms with Crippen molar-refractivity contribution in [1.82, 2.24) is 14.8 Å². The molecule has 0 unspecified atom stereocenters. The molecule has 0 bridgehead atoms. The number of nitrogens with zero attached hydrogens (tertiary/aromatic N) is 4. The number of methoxy groups -OCH3 is 1. The van der Waals surface area contributed by atoms with E-state index in [1.54, 1.807) is 61.4 Å². The minimum absolute atomic E-state index is 0.199. The quantitative estimate of drug-likeness (QED) is 0.230. The minimum Gasteiger partial charge on any atom is -0.497 e. The van der Waals surface area contributed by atoms with Crippen molar-refractivity contribution in [2.45, 2.75) is 0 Å². The van der Waals surface area contributed by atoms with Crippen LogP contribution in [0.3, 0.4) is 0 Å². The highest BCUT2D eigenvalue weighted by Gasteiger charge is 2.18. The van der Waals surface area contributed by atoms with Gasteiger partial charge in [-0.15, -0.1) is 0 Å². The summed E-state index contributed by atoms with van der Waals surface area (Å²) in [5.41, 5.74) is 2.33. The van der Waals surface area contributed by atoms with Gasteiger partial charge >= 0.3 is 0 Å². The number of benzene rings is 3. The average Bonchev–Trinajstić information content (AvgIpc) is 3.34. The molecule has 37 heavy (non-hydrogen) atoms. The smallest absolute Gasteiger partial charge is 0.275 e. The molecule has 0 radical (unpaired) electrons. The Morgan fingerprint density at radius 3 is 2.46 bits per heavy atom. The molecule has 1 N–H and O–H groups in total. The number of pyridine rings is 1. The molecule has 184 valence electrons. The molecule has 2 aromatic heterocycles. The van der Waals surface area contributed by atoms with Crippen LogP contribution in [0.5, 0.6) is 17.2 Å². The van der Waals surface area contributed by atoms with Gasteiger partial charge < -0.3 is 14.8 Å². The van der Waals surface area contributed by atoms with Crippen LogP contribution in [-0.2, 0) is 7.05 Å². The molecule has 0 spiro atoms. The number of aromatic nitrogens is 3. The van der Waals surface area contributed by atoms with Gasteiger partial charge in [0, 0.05) is 36.3 Å². The summed E-state index contributed by atoms with van der Waals surface area (Å²) >= 11 is 0. The first-order valence-electron chi connectivity index (χ1n) is 11.2. The van der Waals surface area contributed by atoms with Crippen molar-refractivity contribution in [3.8, 4) is 28.5 Å². The van der Waals surface area contributed by atoms with Crippen LogP contribution in [0, 0.1) is 10.1 Å². The first kappa shape index (κ1) is 23.5. The third kappa shape index (κ3) is 5.08. The van der Waals surface area contributed by atoms with E-state index in [2.05, 4.69) is 15.4 Å². The van der Waals surface area contributed by atoms with Gasteiger partial charge in [-0.05, 0) is 36.4 Å². The summed E-state index contributed by atoms with van der Waals surface area (Å²) in [5, 5.41) is 19.2. The van der Waals surface area contributed by atoms with Crippen LogP contribution in [-0.4, -0.2) is 32.7 Å². The summed E-state index contributed by atoms with van der Waals surface area (Å²) in [6.07, 6.45) is 3.48. The van der Waals surface area contributed by atoms with Gasteiger partial charge in [0.15, 0.2) is 0 Å². The van der Waals surface area contributed by atoms with Crippen LogP contribution in [0.1, 0.15) is 10.4 Å². The fourth-order valence-electron chi connectivity index (χ4n) is 3.86. The molecular formula is C27H21N5O5. The van der Waals surface area contributed by atoms with E-state index in [4.69, 9.17) is 9.47 Å². The number of nitro groups is 1. The van der Waals surface area contributed by atoms with Gasteiger partial charge in [0.05, 0.1) is 46.8 Å². The van der Waals surface area contributed by atoms with Crippen molar-refractivity contribution in [1.29, 1.82) is 0 Å². The lowest BCUT2D eigenvalue weighted by molar-refractivity contribution is -0.384. The summed E-state index contributed by atoms with van der Waals surface area (Å²) < 4.78 is 12.6. The van der Waals surface area contributed by atoms with Crippen LogP contribution in [0.25, 0.3) is 22.2 Å². The Balaban J connectivity index is 1.50. The van der Waals surface area contributed by atoms with E-state index in [-0.39, 0.29) is 17.1 Å². The summed E-state index contributed by atoms with van der Waals surface area (Å²) in [6, 6.07) is 19.8. The van der Waals surface area contributed by atoms with Crippen molar-refractivity contribution in [3.63, 3.8) is 0 Å². The molecule has 5 rings (SSSR count). The predicted molar refractivity (Wildman–Crippen MR) is 138 cm³/mol. The highest BCUT2D eigenvalue weighted by atomic mass is 16.6. The van der Waals surface area contributed by atoms with E-state index in [9.17, 15) is 14.9 Å². The molecule has 10 heteroatoms. The molecule has 2 heterocycles. The van der Waals surface area contributed by atoms with Crippen molar-refractivity contribution >= 4 is 28.2 Å². The number of carbonyl (C=O) groups excluding carboxylic acids is 1. The van der Waals surface area contributed by atoms with E-state index in [0.717, 1.165) is 5.56 Å². The molecule has 3 aromatic carbocycles. The van der Waals surface area contributed by atoms with Crippen LogP contribution in [0.15, 0.2) is 85.2 Å². The number of rotatable bonds is 7. The zero-order valence-electron chi connectivity index (χ0n) is 19.9. The number of ether oxygens (including phenoxy) is 2. The number of nitro benzene ring substituents is 1. The van der Waals surface area contributed by atoms with Crippen LogP contribution in [0.4, 0.5) is 11.4 Å². The second-order valence-corrected chi connectivity index (χ2v) is 8.18. The summed E-state index contributed by atoms with van der Waals surface area (Å²) in [7, 11) is 3.35. The third-order valence-electron chi connectivity index (χ3n) is 5.62. The molecule has 0 aliphatic rings. The van der Waals surface area contributed by atoms with E-state index >= 15 is 0 Å². The molecule has 0 aliphatic heterocycles.